The number of thiazole rings is 1. The molecule has 0 saturated carbocycles. The summed E-state index contributed by atoms with van der Waals surface area (Å²) in [6.45, 7) is 7.11. The van der Waals surface area contributed by atoms with Crippen molar-refractivity contribution in [2.45, 2.75) is 45.3 Å². The second-order valence-corrected chi connectivity index (χ2v) is 6.64. The fourth-order valence-corrected chi connectivity index (χ4v) is 2.66. The molecule has 0 spiro atoms. The van der Waals surface area contributed by atoms with E-state index in [1.54, 1.807) is 22.4 Å². The molecule has 0 aromatic carbocycles. The Morgan fingerprint density at radius 3 is 3.00 bits per heavy atom. The number of nitrogens with zero attached hydrogens (tertiary/aromatic N) is 2. The van der Waals surface area contributed by atoms with Gasteiger partial charge in [-0.3, -0.25) is 0 Å². The van der Waals surface area contributed by atoms with Crippen molar-refractivity contribution in [1.82, 2.24) is 9.88 Å². The standard InChI is InChI=1S/C13H21N3O2S/c1-13(2,3)18-12(17)16-7-4-5-10(9-16)15-11-14-6-8-19-11/h6,8,10H,4-5,7,9H2,1-3H3,(H,14,15)/t10-/m0/s1. The van der Waals surface area contributed by atoms with Crippen LogP contribution in [0.1, 0.15) is 33.6 Å². The first-order valence-corrected chi connectivity index (χ1v) is 7.46. The van der Waals surface area contributed by atoms with Crippen LogP contribution in [0.2, 0.25) is 0 Å². The quantitative estimate of drug-likeness (QED) is 0.906. The van der Waals surface area contributed by atoms with E-state index in [-0.39, 0.29) is 12.1 Å². The zero-order valence-electron chi connectivity index (χ0n) is 11.7. The molecule has 1 N–H and O–H groups in total. The van der Waals surface area contributed by atoms with E-state index in [1.807, 2.05) is 26.2 Å². The molecule has 2 heterocycles. The molecule has 1 aliphatic rings. The Balaban J connectivity index is 1.88. The van der Waals surface area contributed by atoms with Gasteiger partial charge in [0.2, 0.25) is 0 Å². The molecule has 1 fully saturated rings. The summed E-state index contributed by atoms with van der Waals surface area (Å²) in [4.78, 5) is 18.0. The lowest BCUT2D eigenvalue weighted by Crippen LogP contribution is -2.46. The Bertz CT molecular complexity index is 414. The minimum Gasteiger partial charge on any atom is -0.444 e. The Labute approximate surface area is 118 Å². The average Bonchev–Trinajstić information content (AvgIpc) is 2.80. The number of carbonyl (C=O) groups excluding carboxylic acids is 1. The van der Waals surface area contributed by atoms with Crippen LogP contribution in [-0.4, -0.2) is 40.7 Å². The second-order valence-electron chi connectivity index (χ2n) is 5.75. The largest absolute Gasteiger partial charge is 0.444 e. The number of aromatic nitrogens is 1. The van der Waals surface area contributed by atoms with Crippen molar-refractivity contribution in [2.24, 2.45) is 0 Å². The summed E-state index contributed by atoms with van der Waals surface area (Å²) >= 11 is 1.58. The summed E-state index contributed by atoms with van der Waals surface area (Å²) in [6.07, 6.45) is 3.60. The number of amides is 1. The molecule has 1 aromatic rings. The lowest BCUT2D eigenvalue weighted by Gasteiger charge is -2.34. The molecule has 1 atom stereocenters. The van der Waals surface area contributed by atoms with Crippen molar-refractivity contribution in [3.05, 3.63) is 11.6 Å². The van der Waals surface area contributed by atoms with Gasteiger partial charge in [0.1, 0.15) is 5.60 Å². The van der Waals surface area contributed by atoms with Gasteiger partial charge in [-0.2, -0.15) is 0 Å². The van der Waals surface area contributed by atoms with Crippen LogP contribution in [0.25, 0.3) is 0 Å². The van der Waals surface area contributed by atoms with Gasteiger partial charge < -0.3 is 15.0 Å². The molecule has 1 amide bonds. The number of carbonyl (C=O) groups is 1. The zero-order chi connectivity index (χ0) is 13.9. The Kier molecular flexibility index (Phi) is 4.29. The lowest BCUT2D eigenvalue weighted by atomic mass is 10.1. The van der Waals surface area contributed by atoms with Gasteiger partial charge in [-0.05, 0) is 33.6 Å². The van der Waals surface area contributed by atoms with Gasteiger partial charge in [-0.1, -0.05) is 0 Å². The van der Waals surface area contributed by atoms with Crippen molar-refractivity contribution in [2.75, 3.05) is 18.4 Å². The van der Waals surface area contributed by atoms with Gasteiger partial charge in [-0.25, -0.2) is 9.78 Å². The molecule has 1 aliphatic heterocycles. The molecule has 1 aromatic heterocycles. The van der Waals surface area contributed by atoms with Crippen LogP contribution in [0.15, 0.2) is 11.6 Å². The molecule has 0 radical (unpaired) electrons. The van der Waals surface area contributed by atoms with Crippen molar-refractivity contribution >= 4 is 22.6 Å². The average molecular weight is 283 g/mol. The van der Waals surface area contributed by atoms with Gasteiger partial charge in [0.25, 0.3) is 0 Å². The first-order chi connectivity index (χ1) is 8.94. The van der Waals surface area contributed by atoms with Crippen LogP contribution in [0.3, 0.4) is 0 Å². The smallest absolute Gasteiger partial charge is 0.410 e. The number of hydrogen-bond donors (Lipinski definition) is 1. The second kappa shape index (κ2) is 5.77. The summed E-state index contributed by atoms with van der Waals surface area (Å²) < 4.78 is 5.41. The van der Waals surface area contributed by atoms with Crippen molar-refractivity contribution < 1.29 is 9.53 Å². The minimum atomic E-state index is -0.438. The molecule has 5 nitrogen and oxygen atoms in total. The van der Waals surface area contributed by atoms with E-state index in [0.29, 0.717) is 6.54 Å². The molecular weight excluding hydrogens is 262 g/mol. The third-order valence-electron chi connectivity index (χ3n) is 2.83. The highest BCUT2D eigenvalue weighted by molar-refractivity contribution is 7.13. The molecule has 2 rings (SSSR count). The maximum atomic E-state index is 12.0. The van der Waals surface area contributed by atoms with Gasteiger partial charge in [0, 0.05) is 30.7 Å². The summed E-state index contributed by atoms with van der Waals surface area (Å²) in [5.41, 5.74) is -0.438. The highest BCUT2D eigenvalue weighted by Crippen LogP contribution is 2.19. The monoisotopic (exact) mass is 283 g/mol. The topological polar surface area (TPSA) is 54.5 Å². The van der Waals surface area contributed by atoms with Gasteiger partial charge in [-0.15, -0.1) is 11.3 Å². The van der Waals surface area contributed by atoms with Crippen LogP contribution in [0, 0.1) is 0 Å². The Morgan fingerprint density at radius 2 is 2.37 bits per heavy atom. The highest BCUT2D eigenvalue weighted by atomic mass is 32.1. The molecule has 6 heteroatoms. The molecule has 0 unspecified atom stereocenters. The maximum Gasteiger partial charge on any atom is 0.410 e. The van der Waals surface area contributed by atoms with E-state index in [1.165, 1.54) is 0 Å². The predicted octanol–water partition coefficient (Wildman–Crippen LogP) is 2.95. The normalized spacial score (nSPS) is 20.2. The summed E-state index contributed by atoms with van der Waals surface area (Å²) in [6, 6.07) is 0.257. The highest BCUT2D eigenvalue weighted by Gasteiger charge is 2.27. The Hall–Kier alpha value is -1.30. The van der Waals surface area contributed by atoms with E-state index in [0.717, 1.165) is 24.5 Å². The number of piperidine rings is 1. The minimum absolute atomic E-state index is 0.224. The fourth-order valence-electron chi connectivity index (χ4n) is 2.06. The molecular formula is C13H21N3O2S. The predicted molar refractivity (Wildman–Crippen MR) is 76.6 cm³/mol. The summed E-state index contributed by atoms with van der Waals surface area (Å²) in [5, 5.41) is 6.22. The van der Waals surface area contributed by atoms with E-state index >= 15 is 0 Å². The van der Waals surface area contributed by atoms with Crippen LogP contribution in [-0.2, 0) is 4.74 Å². The van der Waals surface area contributed by atoms with Crippen molar-refractivity contribution in [3.63, 3.8) is 0 Å². The van der Waals surface area contributed by atoms with Crippen LogP contribution < -0.4 is 5.32 Å². The summed E-state index contributed by atoms with van der Waals surface area (Å²) in [7, 11) is 0. The number of rotatable bonds is 2. The number of anilines is 1. The molecule has 1 saturated heterocycles. The zero-order valence-corrected chi connectivity index (χ0v) is 12.5. The van der Waals surface area contributed by atoms with Crippen LogP contribution in [0.4, 0.5) is 9.93 Å². The van der Waals surface area contributed by atoms with Crippen molar-refractivity contribution in [1.29, 1.82) is 0 Å². The number of nitrogens with one attached hydrogen (secondary N) is 1. The number of ether oxygens (including phenoxy) is 1. The van der Waals surface area contributed by atoms with Crippen molar-refractivity contribution in [3.8, 4) is 0 Å². The third-order valence-corrected chi connectivity index (χ3v) is 3.54. The lowest BCUT2D eigenvalue weighted by molar-refractivity contribution is 0.0206. The van der Waals surface area contributed by atoms with Gasteiger partial charge in [0.15, 0.2) is 5.13 Å². The first-order valence-electron chi connectivity index (χ1n) is 6.58. The van der Waals surface area contributed by atoms with E-state index in [2.05, 4.69) is 10.3 Å². The maximum absolute atomic E-state index is 12.0. The molecule has 0 aliphatic carbocycles. The van der Waals surface area contributed by atoms with Gasteiger partial charge in [0.05, 0.1) is 0 Å². The van der Waals surface area contributed by atoms with E-state index in [9.17, 15) is 4.79 Å². The number of hydrogen-bond acceptors (Lipinski definition) is 5. The SMILES string of the molecule is CC(C)(C)OC(=O)N1CCC[C@H](Nc2nccs2)C1. The van der Waals surface area contributed by atoms with Crippen LogP contribution in [0.5, 0.6) is 0 Å². The third kappa shape index (κ3) is 4.38. The summed E-state index contributed by atoms with van der Waals surface area (Å²) in [5.74, 6) is 0. The fraction of sp³-hybridized carbons (Fsp3) is 0.692. The molecule has 0 bridgehead atoms. The first kappa shape index (κ1) is 14.1. The Morgan fingerprint density at radius 1 is 1.58 bits per heavy atom. The number of likely N-dealkylation sites (tertiary alicyclic amines) is 1. The van der Waals surface area contributed by atoms with E-state index in [4.69, 9.17) is 4.74 Å². The molecule has 106 valence electrons. The van der Waals surface area contributed by atoms with Gasteiger partial charge >= 0.3 is 6.09 Å². The molecule has 19 heavy (non-hydrogen) atoms. The van der Waals surface area contributed by atoms with Crippen LogP contribution >= 0.6 is 11.3 Å². The van der Waals surface area contributed by atoms with E-state index < -0.39 is 5.60 Å².